The molecule has 1 aromatic heterocycles. The van der Waals surface area contributed by atoms with Gasteiger partial charge in [-0.3, -0.25) is 10.1 Å². The van der Waals surface area contributed by atoms with Gasteiger partial charge in [-0.1, -0.05) is 59.3 Å². The van der Waals surface area contributed by atoms with Gasteiger partial charge in [0.2, 0.25) is 5.13 Å². The van der Waals surface area contributed by atoms with E-state index in [1.807, 2.05) is 36.4 Å². The molecule has 7 heteroatoms. The van der Waals surface area contributed by atoms with Crippen LogP contribution in [-0.2, 0) is 4.79 Å². The van der Waals surface area contributed by atoms with Crippen LogP contribution in [0.4, 0.5) is 5.13 Å². The van der Waals surface area contributed by atoms with Crippen molar-refractivity contribution in [3.8, 4) is 16.3 Å². The lowest BCUT2D eigenvalue weighted by molar-refractivity contribution is -0.118. The third kappa shape index (κ3) is 4.06. The molecule has 1 heterocycles. The molecule has 116 valence electrons. The number of ether oxygens (including phenoxy) is 1. The summed E-state index contributed by atoms with van der Waals surface area (Å²) in [6.45, 7) is -0.0922. The second-order valence-corrected chi connectivity index (χ2v) is 5.93. The normalized spacial score (nSPS) is 10.3. The third-order valence-electron chi connectivity index (χ3n) is 2.89. The second kappa shape index (κ2) is 7.21. The number of aromatic nitrogens is 2. The van der Waals surface area contributed by atoms with Crippen molar-refractivity contribution in [1.29, 1.82) is 0 Å². The molecule has 1 amide bonds. The Labute approximate surface area is 141 Å². The number of anilines is 1. The van der Waals surface area contributed by atoms with Crippen LogP contribution in [0, 0.1) is 0 Å². The molecule has 0 radical (unpaired) electrons. The summed E-state index contributed by atoms with van der Waals surface area (Å²) in [6, 6.07) is 16.5. The summed E-state index contributed by atoms with van der Waals surface area (Å²) < 4.78 is 5.37. The van der Waals surface area contributed by atoms with E-state index < -0.39 is 0 Å². The number of nitrogens with one attached hydrogen (secondary N) is 1. The van der Waals surface area contributed by atoms with E-state index in [2.05, 4.69) is 15.5 Å². The highest BCUT2D eigenvalue weighted by Crippen LogP contribution is 2.31. The Morgan fingerprint density at radius 3 is 2.61 bits per heavy atom. The maximum absolute atomic E-state index is 11.9. The highest BCUT2D eigenvalue weighted by Gasteiger charge is 2.12. The predicted molar refractivity (Wildman–Crippen MR) is 90.9 cm³/mol. The van der Waals surface area contributed by atoms with E-state index in [-0.39, 0.29) is 12.5 Å². The number of rotatable bonds is 5. The monoisotopic (exact) mass is 345 g/mol. The van der Waals surface area contributed by atoms with Gasteiger partial charge >= 0.3 is 0 Å². The summed E-state index contributed by atoms with van der Waals surface area (Å²) in [5.41, 5.74) is 0.785. The maximum atomic E-state index is 11.9. The SMILES string of the molecule is O=C(COc1ccccc1)Nc1nnc(-c2ccccc2Cl)s1. The summed E-state index contributed by atoms with van der Waals surface area (Å²) in [5, 5.41) is 12.3. The molecular weight excluding hydrogens is 334 g/mol. The Hall–Kier alpha value is -2.44. The lowest BCUT2D eigenvalue weighted by Gasteiger charge is -2.04. The molecule has 0 atom stereocenters. The first kappa shape index (κ1) is 15.5. The van der Waals surface area contributed by atoms with Crippen molar-refractivity contribution in [3.05, 3.63) is 59.6 Å². The van der Waals surface area contributed by atoms with Crippen molar-refractivity contribution in [1.82, 2.24) is 10.2 Å². The zero-order valence-corrected chi connectivity index (χ0v) is 13.5. The number of halogens is 1. The molecule has 0 fully saturated rings. The Bertz CT molecular complexity index is 808. The summed E-state index contributed by atoms with van der Waals surface area (Å²) >= 11 is 7.38. The first-order valence-electron chi connectivity index (χ1n) is 6.78. The molecule has 0 aliphatic rings. The van der Waals surface area contributed by atoms with E-state index >= 15 is 0 Å². The molecule has 0 saturated heterocycles. The average Bonchev–Trinajstić information content (AvgIpc) is 3.02. The van der Waals surface area contributed by atoms with Crippen LogP contribution in [0.15, 0.2) is 54.6 Å². The fraction of sp³-hybridized carbons (Fsp3) is 0.0625. The Balaban J connectivity index is 1.61. The molecule has 23 heavy (non-hydrogen) atoms. The molecule has 3 aromatic rings. The van der Waals surface area contributed by atoms with Crippen LogP contribution in [0.3, 0.4) is 0 Å². The molecular formula is C16H12ClN3O2S. The van der Waals surface area contributed by atoms with Gasteiger partial charge in [0.25, 0.3) is 5.91 Å². The highest BCUT2D eigenvalue weighted by molar-refractivity contribution is 7.18. The van der Waals surface area contributed by atoms with Crippen molar-refractivity contribution < 1.29 is 9.53 Å². The Morgan fingerprint density at radius 2 is 1.83 bits per heavy atom. The van der Waals surface area contributed by atoms with E-state index in [1.54, 1.807) is 18.2 Å². The van der Waals surface area contributed by atoms with Gasteiger partial charge < -0.3 is 4.74 Å². The fourth-order valence-electron chi connectivity index (χ4n) is 1.84. The minimum Gasteiger partial charge on any atom is -0.484 e. The number of benzene rings is 2. The fourth-order valence-corrected chi connectivity index (χ4v) is 2.92. The first-order chi connectivity index (χ1) is 11.2. The zero-order chi connectivity index (χ0) is 16.1. The van der Waals surface area contributed by atoms with E-state index in [0.29, 0.717) is 20.9 Å². The van der Waals surface area contributed by atoms with Crippen LogP contribution in [0.1, 0.15) is 0 Å². The lowest BCUT2D eigenvalue weighted by atomic mass is 10.2. The van der Waals surface area contributed by atoms with E-state index in [1.165, 1.54) is 11.3 Å². The maximum Gasteiger partial charge on any atom is 0.264 e. The quantitative estimate of drug-likeness (QED) is 0.762. The molecule has 0 spiro atoms. The molecule has 0 unspecified atom stereocenters. The third-order valence-corrected chi connectivity index (χ3v) is 4.09. The Morgan fingerprint density at radius 1 is 1.09 bits per heavy atom. The standard InChI is InChI=1S/C16H12ClN3O2S/c17-13-9-5-4-8-12(13)15-19-20-16(23-15)18-14(21)10-22-11-6-2-1-3-7-11/h1-9H,10H2,(H,18,20,21). The number of hydrogen-bond donors (Lipinski definition) is 1. The number of carbonyl (C=O) groups excluding carboxylic acids is 1. The summed E-state index contributed by atoms with van der Waals surface area (Å²) in [4.78, 5) is 11.9. The number of hydrogen-bond acceptors (Lipinski definition) is 5. The van der Waals surface area contributed by atoms with Gasteiger partial charge in [0.15, 0.2) is 11.6 Å². The van der Waals surface area contributed by atoms with E-state index in [4.69, 9.17) is 16.3 Å². The summed E-state index contributed by atoms with van der Waals surface area (Å²) in [5.74, 6) is 0.340. The molecule has 0 saturated carbocycles. The summed E-state index contributed by atoms with van der Waals surface area (Å²) in [6.07, 6.45) is 0. The van der Waals surface area contributed by atoms with Gasteiger partial charge in [-0.05, 0) is 18.2 Å². The molecule has 0 aliphatic carbocycles. The van der Waals surface area contributed by atoms with Crippen LogP contribution in [-0.4, -0.2) is 22.7 Å². The van der Waals surface area contributed by atoms with Crippen molar-refractivity contribution in [3.63, 3.8) is 0 Å². The lowest BCUT2D eigenvalue weighted by Crippen LogP contribution is -2.20. The van der Waals surface area contributed by atoms with Crippen LogP contribution < -0.4 is 10.1 Å². The van der Waals surface area contributed by atoms with Gasteiger partial charge in [0, 0.05) is 5.56 Å². The van der Waals surface area contributed by atoms with Crippen LogP contribution in [0.25, 0.3) is 10.6 Å². The largest absolute Gasteiger partial charge is 0.484 e. The minimum atomic E-state index is -0.296. The van der Waals surface area contributed by atoms with Crippen LogP contribution in [0.5, 0.6) is 5.75 Å². The average molecular weight is 346 g/mol. The smallest absolute Gasteiger partial charge is 0.264 e. The molecule has 2 aromatic carbocycles. The Kier molecular flexibility index (Phi) is 4.85. The van der Waals surface area contributed by atoms with Crippen molar-refractivity contribution in [2.75, 3.05) is 11.9 Å². The van der Waals surface area contributed by atoms with Crippen LogP contribution >= 0.6 is 22.9 Å². The van der Waals surface area contributed by atoms with Gasteiger partial charge in [-0.15, -0.1) is 10.2 Å². The van der Waals surface area contributed by atoms with Crippen molar-refractivity contribution in [2.45, 2.75) is 0 Å². The molecule has 1 N–H and O–H groups in total. The first-order valence-corrected chi connectivity index (χ1v) is 7.98. The van der Waals surface area contributed by atoms with Crippen LogP contribution in [0.2, 0.25) is 5.02 Å². The number of nitrogens with zero attached hydrogens (tertiary/aromatic N) is 2. The van der Waals surface area contributed by atoms with Crippen molar-refractivity contribution in [2.24, 2.45) is 0 Å². The predicted octanol–water partition coefficient (Wildman–Crippen LogP) is 3.88. The van der Waals surface area contributed by atoms with Gasteiger partial charge in [0.05, 0.1) is 5.02 Å². The molecule has 3 rings (SSSR count). The van der Waals surface area contributed by atoms with E-state index in [0.717, 1.165) is 5.56 Å². The number of carbonyl (C=O) groups is 1. The van der Waals surface area contributed by atoms with Gasteiger partial charge in [0.1, 0.15) is 5.75 Å². The topological polar surface area (TPSA) is 64.1 Å². The van der Waals surface area contributed by atoms with Crippen molar-refractivity contribution >= 4 is 34.0 Å². The van der Waals surface area contributed by atoms with Gasteiger partial charge in [-0.25, -0.2) is 0 Å². The number of amides is 1. The van der Waals surface area contributed by atoms with Gasteiger partial charge in [-0.2, -0.15) is 0 Å². The highest BCUT2D eigenvalue weighted by atomic mass is 35.5. The molecule has 0 aliphatic heterocycles. The molecule has 0 bridgehead atoms. The minimum absolute atomic E-state index is 0.0922. The molecule has 5 nitrogen and oxygen atoms in total. The summed E-state index contributed by atoms with van der Waals surface area (Å²) in [7, 11) is 0. The number of para-hydroxylation sites is 1. The van der Waals surface area contributed by atoms with E-state index in [9.17, 15) is 4.79 Å². The second-order valence-electron chi connectivity index (χ2n) is 4.54. The zero-order valence-electron chi connectivity index (χ0n) is 11.9.